The van der Waals surface area contributed by atoms with Crippen molar-refractivity contribution in [3.63, 3.8) is 0 Å². The molecule has 0 spiro atoms. The molecule has 2 nitrogen and oxygen atoms in total. The van der Waals surface area contributed by atoms with Crippen LogP contribution in [0.15, 0.2) is 12.1 Å². The second-order valence-corrected chi connectivity index (χ2v) is 5.76. The SMILES string of the molecule is CC(C)c1cc2c(c(C(F)(F)F)c1)CN(SS)C2=O. The average molecular weight is 307 g/mol. The summed E-state index contributed by atoms with van der Waals surface area (Å²) in [5.41, 5.74) is -0.0131. The molecule has 0 unspecified atom stereocenters. The average Bonchev–Trinajstić information content (AvgIpc) is 2.64. The van der Waals surface area contributed by atoms with Crippen LogP contribution in [0.1, 0.15) is 46.8 Å². The maximum Gasteiger partial charge on any atom is 0.416 e. The summed E-state index contributed by atoms with van der Waals surface area (Å²) in [6.45, 7) is 3.54. The Labute approximate surface area is 118 Å². The zero-order valence-corrected chi connectivity index (χ0v) is 12.0. The van der Waals surface area contributed by atoms with Gasteiger partial charge in [-0.05, 0) is 29.2 Å². The molecule has 0 saturated heterocycles. The Morgan fingerprint density at radius 1 is 1.37 bits per heavy atom. The molecule has 2 rings (SSSR count). The Hall–Kier alpha value is -0.820. The molecular weight excluding hydrogens is 295 g/mol. The molecule has 0 saturated carbocycles. The first-order chi connectivity index (χ1) is 8.75. The van der Waals surface area contributed by atoms with E-state index in [2.05, 4.69) is 11.7 Å². The van der Waals surface area contributed by atoms with Crippen molar-refractivity contribution in [1.29, 1.82) is 0 Å². The molecule has 1 amide bonds. The van der Waals surface area contributed by atoms with E-state index in [1.807, 2.05) is 0 Å². The Kier molecular flexibility index (Phi) is 3.79. The largest absolute Gasteiger partial charge is 0.416 e. The lowest BCUT2D eigenvalue weighted by molar-refractivity contribution is -0.138. The number of hydrogen-bond acceptors (Lipinski definition) is 3. The fraction of sp³-hybridized carbons (Fsp3) is 0.417. The predicted molar refractivity (Wildman–Crippen MR) is 72.0 cm³/mol. The van der Waals surface area contributed by atoms with Crippen molar-refractivity contribution in [2.75, 3.05) is 0 Å². The summed E-state index contributed by atoms with van der Waals surface area (Å²) < 4.78 is 40.5. The van der Waals surface area contributed by atoms with Gasteiger partial charge in [-0.1, -0.05) is 25.5 Å². The second-order valence-electron chi connectivity index (χ2n) is 4.67. The van der Waals surface area contributed by atoms with E-state index in [0.29, 0.717) is 5.56 Å². The number of benzene rings is 1. The van der Waals surface area contributed by atoms with E-state index in [4.69, 9.17) is 0 Å². The van der Waals surface area contributed by atoms with Crippen molar-refractivity contribution < 1.29 is 18.0 Å². The van der Waals surface area contributed by atoms with E-state index in [-0.39, 0.29) is 23.6 Å². The van der Waals surface area contributed by atoms with Gasteiger partial charge in [-0.3, -0.25) is 9.10 Å². The predicted octanol–water partition coefficient (Wildman–Crippen LogP) is 4.28. The van der Waals surface area contributed by atoms with Gasteiger partial charge in [-0.2, -0.15) is 13.2 Å². The van der Waals surface area contributed by atoms with Gasteiger partial charge in [0.1, 0.15) is 0 Å². The molecule has 0 atom stereocenters. The first-order valence-corrected chi connectivity index (χ1v) is 7.45. The van der Waals surface area contributed by atoms with Crippen LogP contribution in [0.25, 0.3) is 0 Å². The zero-order valence-electron chi connectivity index (χ0n) is 10.3. The molecule has 1 aliphatic rings. The molecule has 1 aromatic carbocycles. The van der Waals surface area contributed by atoms with E-state index in [0.717, 1.165) is 17.0 Å². The minimum atomic E-state index is -4.45. The summed E-state index contributed by atoms with van der Waals surface area (Å²) in [4.78, 5) is 12.0. The van der Waals surface area contributed by atoms with Crippen molar-refractivity contribution in [3.8, 4) is 0 Å². The summed E-state index contributed by atoms with van der Waals surface area (Å²) in [5.74, 6) is -0.486. The first kappa shape index (κ1) is 14.6. The molecule has 1 aliphatic heterocycles. The molecule has 7 heteroatoms. The van der Waals surface area contributed by atoms with Crippen LogP contribution < -0.4 is 0 Å². The lowest BCUT2D eigenvalue weighted by atomic mass is 9.94. The van der Waals surface area contributed by atoms with Crippen molar-refractivity contribution >= 4 is 28.5 Å². The number of carbonyl (C=O) groups is 1. The summed E-state index contributed by atoms with van der Waals surface area (Å²) in [6, 6.07) is 2.70. The molecule has 1 heterocycles. The highest BCUT2D eigenvalue weighted by Crippen LogP contribution is 2.41. The minimum absolute atomic E-state index is 0.0449. The number of halogens is 3. The maximum absolute atomic E-state index is 13.1. The molecule has 0 aromatic heterocycles. The van der Waals surface area contributed by atoms with Gasteiger partial charge in [0.15, 0.2) is 0 Å². The van der Waals surface area contributed by atoms with Gasteiger partial charge < -0.3 is 0 Å². The lowest BCUT2D eigenvalue weighted by Gasteiger charge is -2.15. The highest BCUT2D eigenvalue weighted by Gasteiger charge is 2.40. The van der Waals surface area contributed by atoms with E-state index in [9.17, 15) is 18.0 Å². The van der Waals surface area contributed by atoms with Crippen molar-refractivity contribution in [2.24, 2.45) is 0 Å². The number of carbonyl (C=O) groups excluding carboxylic acids is 1. The molecule has 0 radical (unpaired) electrons. The van der Waals surface area contributed by atoms with Crippen molar-refractivity contribution in [1.82, 2.24) is 4.31 Å². The summed E-state index contributed by atoms with van der Waals surface area (Å²) in [5, 5.41) is 0. The standard InChI is InChI=1S/C12H12F3NOS2/c1-6(2)7-3-8-9(5-16(19-18)11(8)17)10(4-7)12(13,14)15/h3-4,6,18H,5H2,1-2H3. The number of fused-ring (bicyclic) bond motifs is 1. The molecule has 1 aromatic rings. The van der Waals surface area contributed by atoms with Crippen LogP contribution in [0.5, 0.6) is 0 Å². The third-order valence-corrected chi connectivity index (χ3v) is 4.18. The molecular formula is C12H12F3NOS2. The van der Waals surface area contributed by atoms with E-state index in [1.165, 1.54) is 4.31 Å². The third-order valence-electron chi connectivity index (χ3n) is 3.10. The molecule has 104 valence electrons. The third kappa shape index (κ3) is 2.58. The lowest BCUT2D eigenvalue weighted by Crippen LogP contribution is -2.13. The summed E-state index contributed by atoms with van der Waals surface area (Å²) >= 11 is 3.89. The van der Waals surface area contributed by atoms with Crippen LogP contribution >= 0.6 is 22.6 Å². The monoisotopic (exact) mass is 307 g/mol. The van der Waals surface area contributed by atoms with Crippen LogP contribution in [0.4, 0.5) is 13.2 Å². The smallest absolute Gasteiger partial charge is 0.269 e. The Bertz CT molecular complexity index is 528. The number of alkyl halides is 3. The van der Waals surface area contributed by atoms with Crippen molar-refractivity contribution in [2.45, 2.75) is 32.5 Å². The highest BCUT2D eigenvalue weighted by atomic mass is 33.1. The van der Waals surface area contributed by atoms with Crippen LogP contribution in [0.2, 0.25) is 0 Å². The maximum atomic E-state index is 13.1. The Morgan fingerprint density at radius 3 is 2.47 bits per heavy atom. The van der Waals surface area contributed by atoms with Crippen LogP contribution in [-0.2, 0) is 12.7 Å². The number of thiol groups is 1. The van der Waals surface area contributed by atoms with E-state index < -0.39 is 17.6 Å². The van der Waals surface area contributed by atoms with Crippen molar-refractivity contribution in [3.05, 3.63) is 34.4 Å². The van der Waals surface area contributed by atoms with Gasteiger partial charge >= 0.3 is 6.18 Å². The fourth-order valence-corrected chi connectivity index (χ4v) is 2.81. The van der Waals surface area contributed by atoms with Gasteiger partial charge in [-0.25, -0.2) is 0 Å². The van der Waals surface area contributed by atoms with Crippen LogP contribution in [0, 0.1) is 0 Å². The number of amides is 1. The van der Waals surface area contributed by atoms with E-state index in [1.54, 1.807) is 19.9 Å². The molecule has 0 fully saturated rings. The van der Waals surface area contributed by atoms with E-state index >= 15 is 0 Å². The molecule has 0 bridgehead atoms. The van der Waals surface area contributed by atoms with Crippen LogP contribution in [-0.4, -0.2) is 10.2 Å². The summed E-state index contributed by atoms with van der Waals surface area (Å²) in [6.07, 6.45) is -4.45. The summed E-state index contributed by atoms with van der Waals surface area (Å²) in [7, 11) is 0.842. The van der Waals surface area contributed by atoms with Gasteiger partial charge in [0.25, 0.3) is 5.91 Å². The number of nitrogens with zero attached hydrogens (tertiary/aromatic N) is 1. The minimum Gasteiger partial charge on any atom is -0.269 e. The molecule has 0 N–H and O–H groups in total. The van der Waals surface area contributed by atoms with Gasteiger partial charge in [0, 0.05) is 16.5 Å². The number of hydrogen-bond donors (Lipinski definition) is 1. The normalized spacial score (nSPS) is 15.3. The first-order valence-electron chi connectivity index (χ1n) is 5.63. The highest BCUT2D eigenvalue weighted by molar-refractivity contribution is 8.67. The van der Waals surface area contributed by atoms with Gasteiger partial charge in [0.05, 0.1) is 12.1 Å². The van der Waals surface area contributed by atoms with Gasteiger partial charge in [-0.15, -0.1) is 0 Å². The second kappa shape index (κ2) is 4.94. The molecule has 0 aliphatic carbocycles. The van der Waals surface area contributed by atoms with Gasteiger partial charge in [0.2, 0.25) is 0 Å². The zero-order chi connectivity index (χ0) is 14.4. The Balaban J connectivity index is 2.64. The fourth-order valence-electron chi connectivity index (χ4n) is 2.06. The number of rotatable bonds is 2. The Morgan fingerprint density at radius 2 is 2.00 bits per heavy atom. The quantitative estimate of drug-likeness (QED) is 0.500. The topological polar surface area (TPSA) is 20.3 Å². The van der Waals surface area contributed by atoms with Crippen LogP contribution in [0.3, 0.4) is 0 Å². The molecule has 19 heavy (non-hydrogen) atoms.